The number of aromatic amines is 1. The van der Waals surface area contributed by atoms with Gasteiger partial charge in [0.15, 0.2) is 0 Å². The van der Waals surface area contributed by atoms with Crippen LogP contribution in [0.25, 0.3) is 10.9 Å². The first-order valence-electron chi connectivity index (χ1n) is 7.27. The summed E-state index contributed by atoms with van der Waals surface area (Å²) in [5, 5.41) is 4.54. The summed E-state index contributed by atoms with van der Waals surface area (Å²) >= 11 is 6.01. The molecule has 0 saturated heterocycles. The lowest BCUT2D eigenvalue weighted by Crippen LogP contribution is -2.15. The van der Waals surface area contributed by atoms with Crippen molar-refractivity contribution >= 4 is 34.1 Å². The minimum absolute atomic E-state index is 0.114. The smallest absolute Gasteiger partial charge is 0.228 e. The van der Waals surface area contributed by atoms with Gasteiger partial charge in [-0.1, -0.05) is 17.7 Å². The Hall–Kier alpha value is -2.46. The van der Waals surface area contributed by atoms with E-state index in [4.69, 9.17) is 16.3 Å². The van der Waals surface area contributed by atoms with Crippen LogP contribution in [0.3, 0.4) is 0 Å². The number of rotatable bonds is 4. The van der Waals surface area contributed by atoms with E-state index in [1.54, 1.807) is 25.3 Å². The van der Waals surface area contributed by atoms with Crippen molar-refractivity contribution in [1.29, 1.82) is 0 Å². The summed E-state index contributed by atoms with van der Waals surface area (Å²) in [6.45, 7) is 1.99. The Labute approximate surface area is 139 Å². The molecule has 0 aliphatic heterocycles. The fraction of sp³-hybridized carbons (Fsp3) is 0.167. The Balaban J connectivity index is 1.83. The molecule has 3 aromatic rings. The molecule has 4 nitrogen and oxygen atoms in total. The SMILES string of the molecule is COc1ccc(Cl)cc1CC(=O)Nc1cccc2[nH]c(C)cc12. The van der Waals surface area contributed by atoms with Gasteiger partial charge in [-0.15, -0.1) is 0 Å². The van der Waals surface area contributed by atoms with Crippen LogP contribution >= 0.6 is 11.6 Å². The topological polar surface area (TPSA) is 54.1 Å². The van der Waals surface area contributed by atoms with Crippen LogP contribution in [0.4, 0.5) is 5.69 Å². The lowest BCUT2D eigenvalue weighted by molar-refractivity contribution is -0.115. The van der Waals surface area contributed by atoms with Crippen LogP contribution in [0.1, 0.15) is 11.3 Å². The van der Waals surface area contributed by atoms with Crippen molar-refractivity contribution in [3.63, 3.8) is 0 Å². The maximum Gasteiger partial charge on any atom is 0.228 e. The third kappa shape index (κ3) is 3.32. The van der Waals surface area contributed by atoms with Crippen LogP contribution in [-0.2, 0) is 11.2 Å². The fourth-order valence-corrected chi connectivity index (χ4v) is 2.85. The van der Waals surface area contributed by atoms with Crippen LogP contribution in [-0.4, -0.2) is 18.0 Å². The molecule has 118 valence electrons. The number of H-pyrrole nitrogens is 1. The molecule has 2 aromatic carbocycles. The van der Waals surface area contributed by atoms with Crippen molar-refractivity contribution in [2.24, 2.45) is 0 Å². The number of aryl methyl sites for hydroxylation is 1. The largest absolute Gasteiger partial charge is 0.496 e. The number of hydrogen-bond donors (Lipinski definition) is 2. The predicted molar refractivity (Wildman–Crippen MR) is 93.4 cm³/mol. The van der Waals surface area contributed by atoms with Gasteiger partial charge in [-0.2, -0.15) is 0 Å². The quantitative estimate of drug-likeness (QED) is 0.749. The molecule has 0 atom stereocenters. The third-order valence-corrected chi connectivity index (χ3v) is 3.90. The first kappa shape index (κ1) is 15.4. The van der Waals surface area contributed by atoms with E-state index in [-0.39, 0.29) is 12.3 Å². The molecule has 0 radical (unpaired) electrons. The van der Waals surface area contributed by atoms with E-state index in [1.807, 2.05) is 31.2 Å². The summed E-state index contributed by atoms with van der Waals surface area (Å²) < 4.78 is 5.28. The monoisotopic (exact) mass is 328 g/mol. The number of anilines is 1. The van der Waals surface area contributed by atoms with Crippen LogP contribution in [0.15, 0.2) is 42.5 Å². The highest BCUT2D eigenvalue weighted by Crippen LogP contribution is 2.26. The van der Waals surface area contributed by atoms with E-state index in [9.17, 15) is 4.79 Å². The van der Waals surface area contributed by atoms with Crippen LogP contribution in [0.5, 0.6) is 5.75 Å². The van der Waals surface area contributed by atoms with Gasteiger partial charge in [-0.05, 0) is 43.3 Å². The molecular formula is C18H17ClN2O2. The average molecular weight is 329 g/mol. The maximum absolute atomic E-state index is 12.4. The van der Waals surface area contributed by atoms with Crippen molar-refractivity contribution in [3.05, 3.63) is 58.7 Å². The number of amides is 1. The number of fused-ring (bicyclic) bond motifs is 1. The molecule has 0 fully saturated rings. The molecule has 0 aliphatic rings. The first-order chi connectivity index (χ1) is 11.1. The number of carbonyl (C=O) groups excluding carboxylic acids is 1. The van der Waals surface area contributed by atoms with Gasteiger partial charge in [0.1, 0.15) is 5.75 Å². The van der Waals surface area contributed by atoms with Gasteiger partial charge >= 0.3 is 0 Å². The van der Waals surface area contributed by atoms with Gasteiger partial charge in [-0.25, -0.2) is 0 Å². The minimum atomic E-state index is -0.114. The molecule has 0 unspecified atom stereocenters. The van der Waals surface area contributed by atoms with E-state index in [0.717, 1.165) is 27.8 Å². The van der Waals surface area contributed by atoms with Gasteiger partial charge in [0.2, 0.25) is 5.91 Å². The molecule has 0 bridgehead atoms. The average Bonchev–Trinajstić information content (AvgIpc) is 2.89. The number of methoxy groups -OCH3 is 1. The number of carbonyl (C=O) groups is 1. The molecule has 1 heterocycles. The standard InChI is InChI=1S/C18H17ClN2O2/c1-11-8-14-15(20-11)4-3-5-16(14)21-18(22)10-12-9-13(19)6-7-17(12)23-2/h3-9,20H,10H2,1-2H3,(H,21,22). The molecule has 1 aromatic heterocycles. The lowest BCUT2D eigenvalue weighted by atomic mass is 10.1. The number of hydrogen-bond acceptors (Lipinski definition) is 2. The molecule has 0 aliphatic carbocycles. The molecule has 3 rings (SSSR count). The lowest BCUT2D eigenvalue weighted by Gasteiger charge is -2.10. The zero-order valence-electron chi connectivity index (χ0n) is 12.9. The van der Waals surface area contributed by atoms with Crippen molar-refractivity contribution in [1.82, 2.24) is 4.98 Å². The summed E-state index contributed by atoms with van der Waals surface area (Å²) in [5.41, 5.74) is 3.60. The zero-order chi connectivity index (χ0) is 16.4. The van der Waals surface area contributed by atoms with Crippen molar-refractivity contribution < 1.29 is 9.53 Å². The zero-order valence-corrected chi connectivity index (χ0v) is 13.7. The number of nitrogens with one attached hydrogen (secondary N) is 2. The second-order valence-electron chi connectivity index (χ2n) is 5.40. The summed E-state index contributed by atoms with van der Waals surface area (Å²) in [6, 6.07) is 13.1. The van der Waals surface area contributed by atoms with Gasteiger partial charge in [0, 0.05) is 27.2 Å². The fourth-order valence-electron chi connectivity index (χ4n) is 2.66. The second kappa shape index (κ2) is 6.34. The molecule has 2 N–H and O–H groups in total. The van der Waals surface area contributed by atoms with Gasteiger partial charge in [0.25, 0.3) is 0 Å². The summed E-state index contributed by atoms with van der Waals surface area (Å²) in [6.07, 6.45) is 0.198. The van der Waals surface area contributed by atoms with E-state index in [2.05, 4.69) is 10.3 Å². The minimum Gasteiger partial charge on any atom is -0.496 e. The van der Waals surface area contributed by atoms with Gasteiger partial charge < -0.3 is 15.0 Å². The Morgan fingerprint density at radius 3 is 2.87 bits per heavy atom. The Morgan fingerprint density at radius 1 is 1.26 bits per heavy atom. The molecule has 5 heteroatoms. The normalized spacial score (nSPS) is 10.7. The molecule has 0 spiro atoms. The van der Waals surface area contributed by atoms with Crippen molar-refractivity contribution in [2.75, 3.05) is 12.4 Å². The highest BCUT2D eigenvalue weighted by atomic mass is 35.5. The Morgan fingerprint density at radius 2 is 2.09 bits per heavy atom. The second-order valence-corrected chi connectivity index (χ2v) is 5.84. The highest BCUT2D eigenvalue weighted by Gasteiger charge is 2.12. The maximum atomic E-state index is 12.4. The van der Waals surface area contributed by atoms with E-state index >= 15 is 0 Å². The molecule has 1 amide bonds. The summed E-state index contributed by atoms with van der Waals surface area (Å²) in [4.78, 5) is 15.7. The van der Waals surface area contributed by atoms with E-state index < -0.39 is 0 Å². The highest BCUT2D eigenvalue weighted by molar-refractivity contribution is 6.30. The number of aromatic nitrogens is 1. The van der Waals surface area contributed by atoms with Crippen molar-refractivity contribution in [3.8, 4) is 5.75 Å². The number of halogens is 1. The van der Waals surface area contributed by atoms with Crippen LogP contribution in [0.2, 0.25) is 5.02 Å². The van der Waals surface area contributed by atoms with E-state index in [0.29, 0.717) is 10.8 Å². The molecule has 23 heavy (non-hydrogen) atoms. The summed E-state index contributed by atoms with van der Waals surface area (Å²) in [7, 11) is 1.58. The molecular weight excluding hydrogens is 312 g/mol. The Kier molecular flexibility index (Phi) is 4.26. The van der Waals surface area contributed by atoms with Crippen LogP contribution < -0.4 is 10.1 Å². The van der Waals surface area contributed by atoms with Gasteiger partial charge in [0.05, 0.1) is 19.2 Å². The molecule has 0 saturated carbocycles. The van der Waals surface area contributed by atoms with Crippen LogP contribution in [0, 0.1) is 6.92 Å². The first-order valence-corrected chi connectivity index (χ1v) is 7.65. The van der Waals surface area contributed by atoms with Gasteiger partial charge in [-0.3, -0.25) is 4.79 Å². The number of ether oxygens (including phenoxy) is 1. The predicted octanol–water partition coefficient (Wildman–Crippen LogP) is 4.32. The van der Waals surface area contributed by atoms with E-state index in [1.165, 1.54) is 0 Å². The van der Waals surface area contributed by atoms with Crippen molar-refractivity contribution in [2.45, 2.75) is 13.3 Å². The number of benzene rings is 2. The Bertz CT molecular complexity index is 871. The summed E-state index contributed by atoms with van der Waals surface area (Å²) in [5.74, 6) is 0.539. The third-order valence-electron chi connectivity index (χ3n) is 3.67.